The first-order valence-corrected chi connectivity index (χ1v) is 8.12. The van der Waals surface area contributed by atoms with Crippen molar-refractivity contribution in [2.24, 2.45) is 0 Å². The molecule has 8 heteroatoms. The summed E-state index contributed by atoms with van der Waals surface area (Å²) in [5, 5.41) is 14.9. The van der Waals surface area contributed by atoms with Crippen LogP contribution in [0, 0.1) is 0 Å². The van der Waals surface area contributed by atoms with Crippen molar-refractivity contribution in [3.05, 3.63) is 48.0 Å². The van der Waals surface area contributed by atoms with Crippen molar-refractivity contribution in [2.75, 3.05) is 33.2 Å². The Hall–Kier alpha value is -3.26. The molecule has 0 bridgehead atoms. The lowest BCUT2D eigenvalue weighted by molar-refractivity contribution is -0.136. The van der Waals surface area contributed by atoms with Crippen LogP contribution in [0.5, 0.6) is 17.2 Å². The molecule has 0 aliphatic rings. The number of aliphatic hydroxyl groups excluding tert-OH is 1. The summed E-state index contributed by atoms with van der Waals surface area (Å²) in [5.41, 5.74) is 0.941. The van der Waals surface area contributed by atoms with E-state index >= 15 is 0 Å². The molecule has 0 radical (unpaired) electrons. The maximum absolute atomic E-state index is 12.1. The third-order valence-corrected chi connectivity index (χ3v) is 3.77. The normalized spacial score (nSPS) is 11.3. The van der Waals surface area contributed by atoms with E-state index in [0.717, 1.165) is 0 Å². The third-order valence-electron chi connectivity index (χ3n) is 3.77. The van der Waals surface area contributed by atoms with Crippen LogP contribution in [0.15, 0.2) is 42.5 Å². The molecule has 27 heavy (non-hydrogen) atoms. The Morgan fingerprint density at radius 1 is 0.963 bits per heavy atom. The Bertz CT molecular complexity index is 769. The molecule has 2 aromatic carbocycles. The molecule has 0 aromatic heterocycles. The minimum atomic E-state index is -0.913. The van der Waals surface area contributed by atoms with Crippen LogP contribution >= 0.6 is 0 Å². The summed E-state index contributed by atoms with van der Waals surface area (Å²) >= 11 is 0. The molecule has 1 unspecified atom stereocenters. The van der Waals surface area contributed by atoms with Crippen LogP contribution in [0.2, 0.25) is 0 Å². The minimum Gasteiger partial charge on any atom is -0.493 e. The molecule has 2 aromatic rings. The minimum absolute atomic E-state index is 0.0917. The van der Waals surface area contributed by atoms with Crippen molar-refractivity contribution in [3.63, 3.8) is 0 Å². The second-order valence-electron chi connectivity index (χ2n) is 5.50. The summed E-state index contributed by atoms with van der Waals surface area (Å²) in [4.78, 5) is 24.1. The molecule has 8 nitrogen and oxygen atoms in total. The molecular weight excluding hydrogens is 352 g/mol. The lowest BCUT2D eigenvalue weighted by atomic mass is 10.1. The van der Waals surface area contributed by atoms with Crippen molar-refractivity contribution in [3.8, 4) is 17.2 Å². The Labute approximate surface area is 157 Å². The quantitative estimate of drug-likeness (QED) is 0.634. The zero-order valence-corrected chi connectivity index (χ0v) is 15.3. The van der Waals surface area contributed by atoms with Crippen molar-refractivity contribution in [1.82, 2.24) is 5.32 Å². The average molecular weight is 374 g/mol. The molecule has 0 spiro atoms. The number of anilines is 1. The second-order valence-corrected chi connectivity index (χ2v) is 5.50. The maximum Gasteiger partial charge on any atom is 0.313 e. The van der Waals surface area contributed by atoms with Crippen LogP contribution in [0.4, 0.5) is 5.69 Å². The number of amides is 2. The highest BCUT2D eigenvalue weighted by Crippen LogP contribution is 2.39. The van der Waals surface area contributed by atoms with E-state index in [1.54, 1.807) is 24.3 Å². The van der Waals surface area contributed by atoms with Gasteiger partial charge in [-0.15, -0.1) is 0 Å². The number of carbonyl (C=O) groups is 2. The molecule has 2 rings (SSSR count). The topological polar surface area (TPSA) is 106 Å². The van der Waals surface area contributed by atoms with E-state index in [-0.39, 0.29) is 6.54 Å². The molecule has 0 aliphatic carbocycles. The molecule has 0 aliphatic heterocycles. The van der Waals surface area contributed by atoms with Crippen LogP contribution in [0.25, 0.3) is 0 Å². The first-order valence-electron chi connectivity index (χ1n) is 8.12. The molecule has 0 saturated heterocycles. The van der Waals surface area contributed by atoms with Gasteiger partial charge in [0.2, 0.25) is 5.75 Å². The molecule has 0 fully saturated rings. The van der Waals surface area contributed by atoms with E-state index in [2.05, 4.69) is 10.6 Å². The van der Waals surface area contributed by atoms with Crippen molar-refractivity contribution in [1.29, 1.82) is 0 Å². The van der Waals surface area contributed by atoms with Gasteiger partial charge in [-0.1, -0.05) is 30.3 Å². The highest BCUT2D eigenvalue weighted by molar-refractivity contribution is 6.39. The molecule has 0 saturated carbocycles. The van der Waals surface area contributed by atoms with Gasteiger partial charge in [0.05, 0.1) is 27.4 Å². The van der Waals surface area contributed by atoms with Gasteiger partial charge in [-0.3, -0.25) is 9.59 Å². The Kier molecular flexibility index (Phi) is 7.01. The molecule has 2 amide bonds. The summed E-state index contributed by atoms with van der Waals surface area (Å²) in [7, 11) is 4.35. The van der Waals surface area contributed by atoms with Gasteiger partial charge >= 0.3 is 11.8 Å². The fourth-order valence-corrected chi connectivity index (χ4v) is 2.40. The summed E-state index contributed by atoms with van der Waals surface area (Å²) in [5.74, 6) is -0.712. The zero-order chi connectivity index (χ0) is 19.8. The number of hydrogen-bond donors (Lipinski definition) is 3. The maximum atomic E-state index is 12.1. The highest BCUT2D eigenvalue weighted by Gasteiger charge is 2.19. The zero-order valence-electron chi connectivity index (χ0n) is 15.3. The van der Waals surface area contributed by atoms with E-state index in [0.29, 0.717) is 28.5 Å². The summed E-state index contributed by atoms with van der Waals surface area (Å²) in [6, 6.07) is 11.8. The molecule has 3 N–H and O–H groups in total. The van der Waals surface area contributed by atoms with E-state index in [4.69, 9.17) is 14.2 Å². The van der Waals surface area contributed by atoms with Crippen molar-refractivity contribution < 1.29 is 28.9 Å². The average Bonchev–Trinajstić information content (AvgIpc) is 2.71. The molecule has 144 valence electrons. The first-order chi connectivity index (χ1) is 13.0. The fraction of sp³-hybridized carbons (Fsp3) is 0.263. The fourth-order valence-electron chi connectivity index (χ4n) is 2.40. The number of methoxy groups -OCH3 is 3. The number of carbonyl (C=O) groups excluding carboxylic acids is 2. The lowest BCUT2D eigenvalue weighted by Gasteiger charge is -2.15. The van der Waals surface area contributed by atoms with Gasteiger partial charge in [0.25, 0.3) is 0 Å². The van der Waals surface area contributed by atoms with Gasteiger partial charge in [-0.05, 0) is 5.56 Å². The standard InChI is InChI=1S/C19H22N2O6/c1-25-15-9-13(10-16(26-2)17(15)27-3)21-19(24)18(23)20-11-14(22)12-7-5-4-6-8-12/h4-10,14,22H,11H2,1-3H3,(H,20,23)(H,21,24). The van der Waals surface area contributed by atoms with Crippen LogP contribution in [0.1, 0.15) is 11.7 Å². The van der Waals surface area contributed by atoms with Gasteiger partial charge in [-0.25, -0.2) is 0 Å². The summed E-state index contributed by atoms with van der Waals surface area (Å²) < 4.78 is 15.6. The van der Waals surface area contributed by atoms with Gasteiger partial charge in [-0.2, -0.15) is 0 Å². The number of rotatable bonds is 7. The predicted molar refractivity (Wildman–Crippen MR) is 99.1 cm³/mol. The Morgan fingerprint density at radius 2 is 1.56 bits per heavy atom. The predicted octanol–water partition coefficient (Wildman–Crippen LogP) is 1.50. The van der Waals surface area contributed by atoms with Crippen LogP contribution in [-0.4, -0.2) is 44.8 Å². The number of aliphatic hydroxyl groups is 1. The molecule has 0 heterocycles. The monoisotopic (exact) mass is 374 g/mol. The molecule has 1 atom stereocenters. The smallest absolute Gasteiger partial charge is 0.313 e. The van der Waals surface area contributed by atoms with E-state index in [1.807, 2.05) is 6.07 Å². The summed E-state index contributed by atoms with van der Waals surface area (Å²) in [6.07, 6.45) is -0.913. The van der Waals surface area contributed by atoms with Gasteiger partial charge in [0.1, 0.15) is 0 Å². The number of benzene rings is 2. The lowest BCUT2D eigenvalue weighted by Crippen LogP contribution is -2.37. The SMILES string of the molecule is COc1cc(NC(=O)C(=O)NCC(O)c2ccccc2)cc(OC)c1OC. The highest BCUT2D eigenvalue weighted by atomic mass is 16.5. The van der Waals surface area contributed by atoms with Gasteiger partial charge < -0.3 is 30.0 Å². The van der Waals surface area contributed by atoms with Crippen LogP contribution in [0.3, 0.4) is 0 Å². The first kappa shape index (κ1) is 20.1. The number of ether oxygens (including phenoxy) is 3. The van der Waals surface area contributed by atoms with Crippen LogP contribution in [-0.2, 0) is 9.59 Å². The van der Waals surface area contributed by atoms with Gasteiger partial charge in [0.15, 0.2) is 11.5 Å². The molecular formula is C19H22N2O6. The Morgan fingerprint density at radius 3 is 2.07 bits per heavy atom. The Balaban J connectivity index is 2.01. The van der Waals surface area contributed by atoms with E-state index in [1.165, 1.54) is 33.5 Å². The third kappa shape index (κ3) is 5.11. The van der Waals surface area contributed by atoms with E-state index in [9.17, 15) is 14.7 Å². The summed E-state index contributed by atoms with van der Waals surface area (Å²) in [6.45, 7) is -0.0917. The van der Waals surface area contributed by atoms with Gasteiger partial charge in [0, 0.05) is 24.4 Å². The van der Waals surface area contributed by atoms with Crippen LogP contribution < -0.4 is 24.8 Å². The number of nitrogens with one attached hydrogen (secondary N) is 2. The van der Waals surface area contributed by atoms with E-state index < -0.39 is 17.9 Å². The van der Waals surface area contributed by atoms with Crippen molar-refractivity contribution >= 4 is 17.5 Å². The number of hydrogen-bond acceptors (Lipinski definition) is 6. The largest absolute Gasteiger partial charge is 0.493 e. The second kappa shape index (κ2) is 9.44. The van der Waals surface area contributed by atoms with Crippen molar-refractivity contribution in [2.45, 2.75) is 6.10 Å².